The van der Waals surface area contributed by atoms with Crippen LogP contribution in [-0.4, -0.2) is 0 Å². The van der Waals surface area contributed by atoms with E-state index in [2.05, 4.69) is 140 Å². The molecule has 1 heterocycles. The third kappa shape index (κ3) is 4.71. The Labute approximate surface area is 251 Å². The van der Waals surface area contributed by atoms with E-state index < -0.39 is 0 Å². The van der Waals surface area contributed by atoms with Gasteiger partial charge in [-0.05, 0) is 74.8 Å². The second kappa shape index (κ2) is 10.5. The highest BCUT2D eigenvalue weighted by atomic mass is 16.3. The third-order valence-electron chi connectivity index (χ3n) is 8.78. The number of hydrogen-bond acceptors (Lipinski definition) is 2. The molecule has 43 heavy (non-hydrogen) atoms. The van der Waals surface area contributed by atoms with E-state index in [4.69, 9.17) is 4.42 Å². The van der Waals surface area contributed by atoms with Gasteiger partial charge in [-0.15, -0.1) is 0 Å². The third-order valence-corrected chi connectivity index (χ3v) is 8.78. The van der Waals surface area contributed by atoms with Gasteiger partial charge in [-0.3, -0.25) is 0 Å². The zero-order valence-electron chi connectivity index (χ0n) is 24.0. The molecule has 2 atom stereocenters. The van der Waals surface area contributed by atoms with Crippen molar-refractivity contribution in [2.45, 2.75) is 12.8 Å². The average Bonchev–Trinajstić information content (AvgIpc) is 3.45. The summed E-state index contributed by atoms with van der Waals surface area (Å²) in [6.45, 7) is 2.31. The maximum absolute atomic E-state index is 6.06. The summed E-state index contributed by atoms with van der Waals surface area (Å²) in [7, 11) is 0. The Kier molecular flexibility index (Phi) is 6.19. The number of anilines is 2. The predicted molar refractivity (Wildman–Crippen MR) is 182 cm³/mol. The van der Waals surface area contributed by atoms with Gasteiger partial charge in [-0.1, -0.05) is 128 Å². The Morgan fingerprint density at radius 1 is 0.605 bits per heavy atom. The molecule has 0 amide bonds. The Hall–Kier alpha value is -5.34. The minimum atomic E-state index is 0.357. The molecule has 0 spiro atoms. The quantitative estimate of drug-likeness (QED) is 0.229. The zero-order valence-corrected chi connectivity index (χ0v) is 24.0. The Morgan fingerprint density at radius 2 is 1.30 bits per heavy atom. The monoisotopic (exact) mass is 553 g/mol. The van der Waals surface area contributed by atoms with Gasteiger partial charge in [0.2, 0.25) is 0 Å². The fourth-order valence-corrected chi connectivity index (χ4v) is 6.42. The van der Waals surface area contributed by atoms with E-state index >= 15 is 0 Å². The number of para-hydroxylation sites is 1. The first-order chi connectivity index (χ1) is 21.2. The molecule has 0 saturated carbocycles. The van der Waals surface area contributed by atoms with Crippen LogP contribution in [0.15, 0.2) is 156 Å². The maximum atomic E-state index is 6.06. The predicted octanol–water partition coefficient (Wildman–Crippen LogP) is 11.5. The lowest BCUT2D eigenvalue weighted by Gasteiger charge is -2.24. The molecule has 2 nitrogen and oxygen atoms in total. The zero-order chi connectivity index (χ0) is 28.8. The van der Waals surface area contributed by atoms with Crippen LogP contribution in [0.5, 0.6) is 0 Å². The highest BCUT2D eigenvalue weighted by Crippen LogP contribution is 2.38. The van der Waals surface area contributed by atoms with Crippen LogP contribution in [0.3, 0.4) is 0 Å². The normalized spacial score (nSPS) is 16.5. The highest BCUT2D eigenvalue weighted by molar-refractivity contribution is 6.12. The van der Waals surface area contributed by atoms with Crippen LogP contribution >= 0.6 is 0 Å². The van der Waals surface area contributed by atoms with E-state index in [1.54, 1.807) is 0 Å². The Balaban J connectivity index is 1.03. The molecule has 0 fully saturated rings. The molecular weight excluding hydrogens is 522 g/mol. The smallest absolute Gasteiger partial charge is 0.137 e. The molecular formula is C41H31NO. The van der Waals surface area contributed by atoms with Gasteiger partial charge in [0.15, 0.2) is 0 Å². The van der Waals surface area contributed by atoms with Crippen molar-refractivity contribution in [2.24, 2.45) is 5.92 Å². The number of fused-ring (bicyclic) bond motifs is 4. The van der Waals surface area contributed by atoms with E-state index in [-0.39, 0.29) is 0 Å². The fraction of sp³-hybridized carbons (Fsp3) is 0.0732. The van der Waals surface area contributed by atoms with Crippen molar-refractivity contribution in [3.8, 4) is 11.1 Å². The van der Waals surface area contributed by atoms with Crippen molar-refractivity contribution in [3.05, 3.63) is 163 Å². The topological polar surface area (TPSA) is 25.2 Å². The van der Waals surface area contributed by atoms with Crippen molar-refractivity contribution in [1.29, 1.82) is 0 Å². The van der Waals surface area contributed by atoms with Crippen molar-refractivity contribution in [1.82, 2.24) is 0 Å². The summed E-state index contributed by atoms with van der Waals surface area (Å²) in [6, 6.07) is 47.5. The number of allylic oxidation sites excluding steroid dienone is 4. The highest BCUT2D eigenvalue weighted by Gasteiger charge is 2.20. The van der Waals surface area contributed by atoms with Crippen LogP contribution in [0.2, 0.25) is 0 Å². The van der Waals surface area contributed by atoms with E-state index in [0.717, 1.165) is 33.3 Å². The lowest BCUT2D eigenvalue weighted by atomic mass is 9.80. The lowest BCUT2D eigenvalue weighted by molar-refractivity contribution is 0.638. The van der Waals surface area contributed by atoms with Crippen LogP contribution in [0.1, 0.15) is 24.0 Å². The van der Waals surface area contributed by atoms with Gasteiger partial charge >= 0.3 is 0 Å². The first kappa shape index (κ1) is 25.4. The molecule has 8 rings (SSSR count). The summed E-state index contributed by atoms with van der Waals surface area (Å²) >= 11 is 0. The number of furan rings is 1. The van der Waals surface area contributed by atoms with Crippen LogP contribution in [0, 0.1) is 5.92 Å². The lowest BCUT2D eigenvalue weighted by Crippen LogP contribution is -2.09. The first-order valence-electron chi connectivity index (χ1n) is 15.0. The molecule has 1 aromatic heterocycles. The van der Waals surface area contributed by atoms with E-state index in [1.165, 1.54) is 38.6 Å². The van der Waals surface area contributed by atoms with Gasteiger partial charge in [-0.25, -0.2) is 0 Å². The minimum Gasteiger partial charge on any atom is -0.456 e. The van der Waals surface area contributed by atoms with E-state index in [1.807, 2.05) is 24.3 Å². The Morgan fingerprint density at radius 3 is 2.14 bits per heavy atom. The van der Waals surface area contributed by atoms with Crippen LogP contribution in [-0.2, 0) is 0 Å². The van der Waals surface area contributed by atoms with Crippen molar-refractivity contribution in [2.75, 3.05) is 5.32 Å². The largest absolute Gasteiger partial charge is 0.456 e. The first-order valence-corrected chi connectivity index (χ1v) is 15.0. The molecule has 0 radical (unpaired) electrons. The molecule has 0 saturated heterocycles. The fourth-order valence-electron chi connectivity index (χ4n) is 6.42. The molecule has 1 N–H and O–H groups in total. The van der Waals surface area contributed by atoms with Crippen LogP contribution in [0.4, 0.5) is 11.4 Å². The summed E-state index contributed by atoms with van der Waals surface area (Å²) in [4.78, 5) is 0. The molecule has 2 heteroatoms. The molecule has 0 bridgehead atoms. The van der Waals surface area contributed by atoms with Gasteiger partial charge in [-0.2, -0.15) is 0 Å². The average molecular weight is 554 g/mol. The number of hydrogen-bond donors (Lipinski definition) is 1. The molecule has 7 aromatic rings. The molecule has 1 aliphatic rings. The van der Waals surface area contributed by atoms with Gasteiger partial charge in [0.05, 0.1) is 11.1 Å². The van der Waals surface area contributed by atoms with E-state index in [9.17, 15) is 0 Å². The van der Waals surface area contributed by atoms with Gasteiger partial charge in [0.25, 0.3) is 0 Å². The number of benzene rings is 6. The van der Waals surface area contributed by atoms with Crippen molar-refractivity contribution >= 4 is 49.7 Å². The summed E-state index contributed by atoms with van der Waals surface area (Å²) in [6.07, 6.45) is 7.07. The number of rotatable bonds is 5. The van der Waals surface area contributed by atoms with Gasteiger partial charge in [0, 0.05) is 17.0 Å². The summed E-state index contributed by atoms with van der Waals surface area (Å²) in [5, 5.41) is 8.44. The molecule has 2 unspecified atom stereocenters. The molecule has 1 aliphatic carbocycles. The second-order valence-corrected chi connectivity index (χ2v) is 11.5. The van der Waals surface area contributed by atoms with Gasteiger partial charge in [0.1, 0.15) is 11.2 Å². The van der Waals surface area contributed by atoms with Crippen LogP contribution < -0.4 is 5.32 Å². The maximum Gasteiger partial charge on any atom is 0.137 e. The van der Waals surface area contributed by atoms with E-state index in [0.29, 0.717) is 11.8 Å². The molecule has 6 aromatic carbocycles. The summed E-state index contributed by atoms with van der Waals surface area (Å²) in [5.74, 6) is 0.811. The van der Waals surface area contributed by atoms with Crippen molar-refractivity contribution < 1.29 is 4.42 Å². The van der Waals surface area contributed by atoms with Crippen molar-refractivity contribution in [3.63, 3.8) is 0 Å². The number of nitrogens with one attached hydrogen (secondary N) is 1. The minimum absolute atomic E-state index is 0.357. The molecule has 0 aliphatic heterocycles. The Bertz CT molecular complexity index is 2160. The summed E-state index contributed by atoms with van der Waals surface area (Å²) < 4.78 is 6.06. The van der Waals surface area contributed by atoms with Gasteiger partial charge < -0.3 is 9.73 Å². The second-order valence-electron chi connectivity index (χ2n) is 11.5. The standard InChI is InChI=1S/C41H31NO/c1-27-13-14-33(26-37(27)34-20-19-28-7-2-3-8-32(28)25-34)31-17-15-29(16-18-31)30-21-23-35(24-22-30)42-38-10-6-12-40-41(38)36-9-4-5-11-39(36)43-40/h2-27,37,42H,1H3. The SMILES string of the molecule is CC1C=CC(c2ccc(-c3ccc(Nc4cccc5oc6ccccc6c45)cc3)cc2)=CC1c1ccc2ccccc2c1. The molecule has 206 valence electrons. The van der Waals surface area contributed by atoms with Crippen LogP contribution in [0.25, 0.3) is 49.4 Å². The summed E-state index contributed by atoms with van der Waals surface area (Å²) in [5.41, 5.74) is 10.2.